The number of benzene rings is 1. The van der Waals surface area contributed by atoms with Crippen molar-refractivity contribution in [3.05, 3.63) is 41.4 Å². The molecule has 2 aliphatic heterocycles. The van der Waals surface area contributed by atoms with Crippen LogP contribution in [0.3, 0.4) is 0 Å². The van der Waals surface area contributed by atoms with Crippen LogP contribution in [0.25, 0.3) is 10.6 Å². The molecule has 5 nitrogen and oxygen atoms in total. The van der Waals surface area contributed by atoms with Gasteiger partial charge in [0.05, 0.1) is 5.69 Å². The second kappa shape index (κ2) is 8.29. The summed E-state index contributed by atoms with van der Waals surface area (Å²) in [5.74, 6) is 0.496. The molecule has 2 aromatic rings. The Bertz CT molecular complexity index is 720. The molecule has 0 spiro atoms. The number of carbonyl (C=O) groups is 1. The van der Waals surface area contributed by atoms with E-state index in [1.807, 2.05) is 23.1 Å². The van der Waals surface area contributed by atoms with E-state index in [-0.39, 0.29) is 5.92 Å². The molecule has 0 aliphatic carbocycles. The molecule has 1 amide bonds. The van der Waals surface area contributed by atoms with Crippen LogP contribution in [-0.4, -0.2) is 60.1 Å². The highest BCUT2D eigenvalue weighted by molar-refractivity contribution is 7.13. The zero-order chi connectivity index (χ0) is 17.8. The Hall–Kier alpha value is -1.76. The summed E-state index contributed by atoms with van der Waals surface area (Å²) in [4.78, 5) is 21.8. The maximum atomic E-state index is 12.6. The van der Waals surface area contributed by atoms with Crippen LogP contribution < -0.4 is 0 Å². The van der Waals surface area contributed by atoms with E-state index in [1.165, 1.54) is 5.56 Å². The minimum atomic E-state index is 0.169. The third-order valence-electron chi connectivity index (χ3n) is 5.21. The Morgan fingerprint density at radius 3 is 2.58 bits per heavy atom. The average molecular weight is 372 g/mol. The van der Waals surface area contributed by atoms with Crippen LogP contribution in [0.2, 0.25) is 0 Å². The molecule has 6 heteroatoms. The van der Waals surface area contributed by atoms with Gasteiger partial charge in [0, 0.05) is 62.8 Å². The molecule has 138 valence electrons. The molecule has 2 fully saturated rings. The Kier molecular flexibility index (Phi) is 5.62. The molecule has 26 heavy (non-hydrogen) atoms. The minimum absolute atomic E-state index is 0.169. The van der Waals surface area contributed by atoms with Crippen LogP contribution in [-0.2, 0) is 16.1 Å². The fraction of sp³-hybridized carbons (Fsp3) is 0.500. The molecular weight excluding hydrogens is 346 g/mol. The summed E-state index contributed by atoms with van der Waals surface area (Å²) in [5, 5.41) is 3.23. The van der Waals surface area contributed by atoms with Crippen molar-refractivity contribution in [2.75, 3.05) is 39.4 Å². The molecule has 0 saturated carbocycles. The number of nitrogens with zero attached hydrogens (tertiary/aromatic N) is 3. The summed E-state index contributed by atoms with van der Waals surface area (Å²) in [6.07, 6.45) is 1.75. The van der Waals surface area contributed by atoms with Gasteiger partial charge in [-0.05, 0) is 12.8 Å². The highest BCUT2D eigenvalue weighted by Crippen LogP contribution is 2.24. The van der Waals surface area contributed by atoms with Crippen molar-refractivity contribution in [3.63, 3.8) is 0 Å². The molecule has 2 aliphatic rings. The van der Waals surface area contributed by atoms with Crippen molar-refractivity contribution in [1.82, 2.24) is 14.8 Å². The van der Waals surface area contributed by atoms with E-state index in [1.54, 1.807) is 11.3 Å². The van der Waals surface area contributed by atoms with Crippen molar-refractivity contribution >= 4 is 17.2 Å². The van der Waals surface area contributed by atoms with E-state index in [9.17, 15) is 4.79 Å². The van der Waals surface area contributed by atoms with Crippen LogP contribution >= 0.6 is 11.3 Å². The van der Waals surface area contributed by atoms with E-state index in [0.717, 1.165) is 69.5 Å². The first-order valence-electron chi connectivity index (χ1n) is 9.38. The summed E-state index contributed by atoms with van der Waals surface area (Å²) in [6, 6.07) is 10.3. The van der Waals surface area contributed by atoms with Gasteiger partial charge < -0.3 is 9.64 Å². The second-order valence-electron chi connectivity index (χ2n) is 7.00. The molecular formula is C20H25N3O2S. The number of aromatic nitrogens is 1. The van der Waals surface area contributed by atoms with Gasteiger partial charge in [-0.25, -0.2) is 4.98 Å². The normalized spacial score (nSPS) is 19.6. The zero-order valence-corrected chi connectivity index (χ0v) is 15.8. The van der Waals surface area contributed by atoms with Gasteiger partial charge in [0.15, 0.2) is 0 Å². The Labute approximate surface area is 158 Å². The van der Waals surface area contributed by atoms with Gasteiger partial charge in [0.1, 0.15) is 5.01 Å². The van der Waals surface area contributed by atoms with Crippen LogP contribution in [0, 0.1) is 5.92 Å². The number of carbonyl (C=O) groups excluding carboxylic acids is 1. The van der Waals surface area contributed by atoms with Crippen molar-refractivity contribution < 1.29 is 9.53 Å². The Morgan fingerprint density at radius 1 is 1.12 bits per heavy atom. The van der Waals surface area contributed by atoms with Crippen LogP contribution in [0.4, 0.5) is 0 Å². The number of hydrogen-bond acceptors (Lipinski definition) is 5. The molecule has 0 bridgehead atoms. The average Bonchev–Trinajstić information content (AvgIpc) is 3.18. The topological polar surface area (TPSA) is 45.7 Å². The van der Waals surface area contributed by atoms with Crippen molar-refractivity contribution in [1.29, 1.82) is 0 Å². The number of piperazine rings is 1. The first-order valence-corrected chi connectivity index (χ1v) is 10.3. The molecule has 0 atom stereocenters. The second-order valence-corrected chi connectivity index (χ2v) is 7.86. The monoisotopic (exact) mass is 371 g/mol. The van der Waals surface area contributed by atoms with Gasteiger partial charge in [-0.15, -0.1) is 11.3 Å². The van der Waals surface area contributed by atoms with E-state index >= 15 is 0 Å². The lowest BCUT2D eigenvalue weighted by Gasteiger charge is -2.36. The van der Waals surface area contributed by atoms with Crippen molar-refractivity contribution in [3.8, 4) is 10.6 Å². The fourth-order valence-electron chi connectivity index (χ4n) is 3.65. The highest BCUT2D eigenvalue weighted by Gasteiger charge is 2.28. The molecule has 1 aromatic heterocycles. The van der Waals surface area contributed by atoms with Gasteiger partial charge in [-0.3, -0.25) is 9.69 Å². The number of thiazole rings is 1. The lowest BCUT2D eigenvalue weighted by Crippen LogP contribution is -2.50. The highest BCUT2D eigenvalue weighted by atomic mass is 32.1. The largest absolute Gasteiger partial charge is 0.381 e. The van der Waals surface area contributed by atoms with Crippen molar-refractivity contribution in [2.45, 2.75) is 19.4 Å². The maximum Gasteiger partial charge on any atom is 0.225 e. The van der Waals surface area contributed by atoms with Crippen LogP contribution in [0.1, 0.15) is 18.5 Å². The van der Waals surface area contributed by atoms with Gasteiger partial charge >= 0.3 is 0 Å². The lowest BCUT2D eigenvalue weighted by atomic mass is 9.98. The maximum absolute atomic E-state index is 12.6. The molecule has 0 radical (unpaired) electrons. The first-order chi connectivity index (χ1) is 12.8. The van der Waals surface area contributed by atoms with Crippen molar-refractivity contribution in [2.24, 2.45) is 5.92 Å². The Balaban J connectivity index is 1.29. The lowest BCUT2D eigenvalue weighted by molar-refractivity contribution is -0.140. The number of rotatable bonds is 4. The predicted octanol–water partition coefficient (Wildman–Crippen LogP) is 2.88. The Morgan fingerprint density at radius 2 is 1.85 bits per heavy atom. The third-order valence-corrected chi connectivity index (χ3v) is 6.15. The van der Waals surface area contributed by atoms with Gasteiger partial charge in [-0.2, -0.15) is 0 Å². The van der Waals surface area contributed by atoms with Gasteiger partial charge in [0.2, 0.25) is 5.91 Å². The van der Waals surface area contributed by atoms with Crippen LogP contribution in [0.15, 0.2) is 35.7 Å². The SMILES string of the molecule is O=C(C1CCOCC1)N1CCN(Cc2csc(-c3ccccc3)n2)CC1. The molecule has 1 aromatic carbocycles. The molecule has 3 heterocycles. The van der Waals surface area contributed by atoms with Gasteiger partial charge in [0.25, 0.3) is 0 Å². The summed E-state index contributed by atoms with van der Waals surface area (Å²) in [6.45, 7) is 5.81. The first kappa shape index (κ1) is 17.6. The number of amides is 1. The predicted molar refractivity (Wildman–Crippen MR) is 103 cm³/mol. The molecule has 0 N–H and O–H groups in total. The quantitative estimate of drug-likeness (QED) is 0.829. The van der Waals surface area contributed by atoms with E-state index in [4.69, 9.17) is 9.72 Å². The summed E-state index contributed by atoms with van der Waals surface area (Å²) in [7, 11) is 0. The van der Waals surface area contributed by atoms with E-state index in [2.05, 4.69) is 22.4 Å². The standard InChI is InChI=1S/C20H25N3O2S/c24-20(17-6-12-25-13-7-17)23-10-8-22(9-11-23)14-18-15-26-19(21-18)16-4-2-1-3-5-16/h1-5,15,17H,6-14H2. The molecule has 2 saturated heterocycles. The third kappa shape index (κ3) is 4.14. The minimum Gasteiger partial charge on any atom is -0.381 e. The molecule has 4 rings (SSSR count). The zero-order valence-electron chi connectivity index (χ0n) is 15.0. The fourth-order valence-corrected chi connectivity index (χ4v) is 4.47. The number of ether oxygens (including phenoxy) is 1. The summed E-state index contributed by atoms with van der Waals surface area (Å²) >= 11 is 1.70. The van der Waals surface area contributed by atoms with E-state index in [0.29, 0.717) is 5.91 Å². The molecule has 0 unspecified atom stereocenters. The summed E-state index contributed by atoms with van der Waals surface area (Å²) < 4.78 is 5.37. The number of hydrogen-bond donors (Lipinski definition) is 0. The smallest absolute Gasteiger partial charge is 0.225 e. The van der Waals surface area contributed by atoms with E-state index < -0.39 is 0 Å². The summed E-state index contributed by atoms with van der Waals surface area (Å²) in [5.41, 5.74) is 2.30. The van der Waals surface area contributed by atoms with Crippen LogP contribution in [0.5, 0.6) is 0 Å². The van der Waals surface area contributed by atoms with Gasteiger partial charge in [-0.1, -0.05) is 30.3 Å².